The second-order valence-corrected chi connectivity index (χ2v) is 6.28. The number of aromatic nitrogens is 1. The van der Waals surface area contributed by atoms with Gasteiger partial charge < -0.3 is 14.6 Å². The Hall–Kier alpha value is -2.02. The van der Waals surface area contributed by atoms with E-state index in [0.29, 0.717) is 5.69 Å². The van der Waals surface area contributed by atoms with Crippen molar-refractivity contribution in [2.75, 3.05) is 19.7 Å². The molecule has 1 amide bonds. The highest BCUT2D eigenvalue weighted by molar-refractivity contribution is 6.01. The predicted molar refractivity (Wildman–Crippen MR) is 84.2 cm³/mol. The van der Waals surface area contributed by atoms with E-state index in [4.69, 9.17) is 4.74 Å². The van der Waals surface area contributed by atoms with E-state index in [1.54, 1.807) is 0 Å². The van der Waals surface area contributed by atoms with Crippen molar-refractivity contribution in [3.63, 3.8) is 0 Å². The van der Waals surface area contributed by atoms with Crippen LogP contribution in [0.15, 0.2) is 12.1 Å². The predicted octanol–water partition coefficient (Wildman–Crippen LogP) is 3.50. The van der Waals surface area contributed by atoms with Gasteiger partial charge in [0.2, 0.25) is 0 Å². The topological polar surface area (TPSA) is 45.3 Å². The molecule has 3 rings (SSSR count). The Bertz CT molecular complexity index is 795. The second kappa shape index (κ2) is 5.81. The fourth-order valence-corrected chi connectivity index (χ4v) is 3.19. The van der Waals surface area contributed by atoms with Crippen molar-refractivity contribution in [1.82, 2.24) is 9.88 Å². The molecule has 24 heavy (non-hydrogen) atoms. The van der Waals surface area contributed by atoms with Gasteiger partial charge in [-0.2, -0.15) is 13.2 Å². The molecule has 1 atom stereocenters. The van der Waals surface area contributed by atoms with Crippen LogP contribution in [0.25, 0.3) is 10.9 Å². The minimum absolute atomic E-state index is 0.118. The molecular weight excluding hydrogens is 321 g/mol. The van der Waals surface area contributed by atoms with E-state index >= 15 is 0 Å². The maximum atomic E-state index is 12.9. The van der Waals surface area contributed by atoms with E-state index in [0.717, 1.165) is 27.6 Å². The molecule has 130 valence electrons. The molecule has 0 radical (unpaired) electrons. The molecule has 1 aromatic carbocycles. The number of halogens is 3. The monoisotopic (exact) mass is 340 g/mol. The molecule has 0 spiro atoms. The zero-order chi connectivity index (χ0) is 17.6. The molecule has 1 aliphatic rings. The smallest absolute Gasteiger partial charge is 0.365 e. The lowest BCUT2D eigenvalue weighted by Crippen LogP contribution is -2.51. The average molecular weight is 340 g/mol. The van der Waals surface area contributed by atoms with Crippen LogP contribution in [-0.2, 0) is 4.74 Å². The van der Waals surface area contributed by atoms with E-state index < -0.39 is 24.7 Å². The van der Waals surface area contributed by atoms with Gasteiger partial charge in [-0.3, -0.25) is 4.79 Å². The Morgan fingerprint density at radius 1 is 1.29 bits per heavy atom. The summed E-state index contributed by atoms with van der Waals surface area (Å²) in [5.74, 6) is -0.418. The van der Waals surface area contributed by atoms with Crippen LogP contribution in [0.2, 0.25) is 0 Å². The highest BCUT2D eigenvalue weighted by atomic mass is 19.4. The molecule has 0 saturated carbocycles. The number of amides is 1. The summed E-state index contributed by atoms with van der Waals surface area (Å²) < 4.78 is 43.3. The Balaban J connectivity index is 1.94. The van der Waals surface area contributed by atoms with Crippen LogP contribution < -0.4 is 0 Å². The number of nitrogens with one attached hydrogen (secondary N) is 1. The Morgan fingerprint density at radius 2 is 2.00 bits per heavy atom. The van der Waals surface area contributed by atoms with Crippen molar-refractivity contribution in [1.29, 1.82) is 0 Å². The average Bonchev–Trinajstić information content (AvgIpc) is 2.83. The summed E-state index contributed by atoms with van der Waals surface area (Å²) in [5, 5.41) is 0.927. The third kappa shape index (κ3) is 2.88. The molecule has 2 heterocycles. The summed E-state index contributed by atoms with van der Waals surface area (Å²) in [5.41, 5.74) is 4.03. The first-order valence-corrected chi connectivity index (χ1v) is 7.75. The molecule has 0 bridgehead atoms. The summed E-state index contributed by atoms with van der Waals surface area (Å²) in [6.45, 7) is 5.28. The summed E-state index contributed by atoms with van der Waals surface area (Å²) in [6, 6.07) is 3.98. The Labute approximate surface area is 137 Å². The summed E-state index contributed by atoms with van der Waals surface area (Å²) >= 11 is 0. The van der Waals surface area contributed by atoms with E-state index in [-0.39, 0.29) is 13.2 Å². The zero-order valence-corrected chi connectivity index (χ0v) is 13.8. The maximum Gasteiger partial charge on any atom is 0.416 e. The van der Waals surface area contributed by atoms with Crippen molar-refractivity contribution < 1.29 is 22.7 Å². The fraction of sp³-hybridized carbons (Fsp3) is 0.471. The van der Waals surface area contributed by atoms with Crippen LogP contribution >= 0.6 is 0 Å². The molecule has 1 unspecified atom stereocenters. The van der Waals surface area contributed by atoms with Gasteiger partial charge in [0.1, 0.15) is 5.69 Å². The number of H-pyrrole nitrogens is 1. The van der Waals surface area contributed by atoms with Crippen molar-refractivity contribution in [3.8, 4) is 0 Å². The first-order valence-electron chi connectivity index (χ1n) is 7.75. The lowest BCUT2D eigenvalue weighted by atomic mass is 10.1. The molecular formula is C17H19F3N2O2. The van der Waals surface area contributed by atoms with Gasteiger partial charge in [0.15, 0.2) is 6.10 Å². The maximum absolute atomic E-state index is 12.9. The number of rotatable bonds is 1. The molecule has 1 fully saturated rings. The third-order valence-corrected chi connectivity index (χ3v) is 4.44. The van der Waals surface area contributed by atoms with Gasteiger partial charge in [-0.05, 0) is 38.0 Å². The molecule has 0 aliphatic carbocycles. The number of carbonyl (C=O) groups is 1. The summed E-state index contributed by atoms with van der Waals surface area (Å²) in [6.07, 6.45) is -6.40. The van der Waals surface area contributed by atoms with Crippen LogP contribution in [0, 0.1) is 20.8 Å². The number of nitrogens with zero attached hydrogens (tertiary/aromatic N) is 1. The largest absolute Gasteiger partial charge is 0.416 e. The second-order valence-electron chi connectivity index (χ2n) is 6.28. The van der Waals surface area contributed by atoms with Crippen molar-refractivity contribution in [2.24, 2.45) is 0 Å². The SMILES string of the molecule is Cc1cc(C)c2[nH]c(C(=O)N3CCOC(C(F)(F)F)C3)c(C)c2c1. The number of hydrogen-bond donors (Lipinski definition) is 1. The third-order valence-electron chi connectivity index (χ3n) is 4.44. The first kappa shape index (κ1) is 16.8. The molecule has 1 N–H and O–H groups in total. The number of benzene rings is 1. The number of carbonyl (C=O) groups excluding carboxylic acids is 1. The lowest BCUT2D eigenvalue weighted by Gasteiger charge is -2.33. The number of fused-ring (bicyclic) bond motifs is 1. The van der Waals surface area contributed by atoms with Gasteiger partial charge in [0, 0.05) is 17.4 Å². The molecule has 1 aliphatic heterocycles. The quantitative estimate of drug-likeness (QED) is 0.864. The number of hydrogen-bond acceptors (Lipinski definition) is 2. The van der Waals surface area contributed by atoms with Gasteiger partial charge in [-0.25, -0.2) is 0 Å². The van der Waals surface area contributed by atoms with Gasteiger partial charge in [0.25, 0.3) is 5.91 Å². The number of aryl methyl sites for hydroxylation is 3. The molecule has 1 aromatic heterocycles. The van der Waals surface area contributed by atoms with Crippen molar-refractivity contribution >= 4 is 16.8 Å². The lowest BCUT2D eigenvalue weighted by molar-refractivity contribution is -0.233. The van der Waals surface area contributed by atoms with E-state index in [1.807, 2.05) is 32.9 Å². The van der Waals surface area contributed by atoms with E-state index in [9.17, 15) is 18.0 Å². The minimum Gasteiger partial charge on any atom is -0.365 e. The number of alkyl halides is 3. The summed E-state index contributed by atoms with van der Waals surface area (Å²) in [7, 11) is 0. The Morgan fingerprint density at radius 3 is 2.67 bits per heavy atom. The molecule has 1 saturated heterocycles. The van der Waals surface area contributed by atoms with Crippen LogP contribution in [-0.4, -0.2) is 47.8 Å². The van der Waals surface area contributed by atoms with Crippen LogP contribution in [0.3, 0.4) is 0 Å². The number of ether oxygens (including phenoxy) is 1. The summed E-state index contributed by atoms with van der Waals surface area (Å²) in [4.78, 5) is 17.0. The highest BCUT2D eigenvalue weighted by Crippen LogP contribution is 2.29. The van der Waals surface area contributed by atoms with Gasteiger partial charge in [-0.15, -0.1) is 0 Å². The van der Waals surface area contributed by atoms with Crippen molar-refractivity contribution in [3.05, 3.63) is 34.5 Å². The minimum atomic E-state index is -4.47. The standard InChI is InChI=1S/C17H19F3N2O2/c1-9-6-10(2)14-12(7-9)11(3)15(21-14)16(23)22-4-5-24-13(8-22)17(18,19)20/h6-7,13,21H,4-5,8H2,1-3H3. The zero-order valence-electron chi connectivity index (χ0n) is 13.8. The fourth-order valence-electron chi connectivity index (χ4n) is 3.19. The van der Waals surface area contributed by atoms with Crippen LogP contribution in [0.1, 0.15) is 27.2 Å². The van der Waals surface area contributed by atoms with Crippen LogP contribution in [0.4, 0.5) is 13.2 Å². The number of morpholine rings is 1. The molecule has 2 aromatic rings. The molecule has 7 heteroatoms. The molecule has 4 nitrogen and oxygen atoms in total. The first-order chi connectivity index (χ1) is 11.2. The number of aromatic amines is 1. The van der Waals surface area contributed by atoms with Crippen molar-refractivity contribution in [2.45, 2.75) is 33.1 Å². The van der Waals surface area contributed by atoms with E-state index in [1.165, 1.54) is 4.90 Å². The van der Waals surface area contributed by atoms with Crippen LogP contribution in [0.5, 0.6) is 0 Å². The normalized spacial score (nSPS) is 19.1. The highest BCUT2D eigenvalue weighted by Gasteiger charge is 2.44. The van der Waals surface area contributed by atoms with Gasteiger partial charge in [0.05, 0.1) is 13.2 Å². The van der Waals surface area contributed by atoms with Gasteiger partial charge in [-0.1, -0.05) is 11.6 Å². The van der Waals surface area contributed by atoms with E-state index in [2.05, 4.69) is 4.98 Å². The Kier molecular flexibility index (Phi) is 4.07. The van der Waals surface area contributed by atoms with Gasteiger partial charge >= 0.3 is 6.18 Å².